The van der Waals surface area contributed by atoms with E-state index in [1.807, 2.05) is 17.5 Å². The molecular formula is C17H14N4O5S. The Labute approximate surface area is 157 Å². The lowest BCUT2D eigenvalue weighted by Gasteiger charge is -2.06. The number of nitrogens with zero attached hydrogens (tertiary/aromatic N) is 2. The fourth-order valence-electron chi connectivity index (χ4n) is 2.39. The second kappa shape index (κ2) is 7.46. The summed E-state index contributed by atoms with van der Waals surface area (Å²) in [4.78, 5) is 29.0. The smallest absolute Gasteiger partial charge is 0.316 e. The van der Waals surface area contributed by atoms with Gasteiger partial charge in [-0.3, -0.25) is 9.59 Å². The first-order chi connectivity index (χ1) is 13.2. The Morgan fingerprint density at radius 1 is 1.07 bits per heavy atom. The van der Waals surface area contributed by atoms with Gasteiger partial charge in [0.1, 0.15) is 0 Å². The molecule has 0 atom stereocenters. The highest BCUT2D eigenvalue weighted by molar-refractivity contribution is 7.13. The van der Waals surface area contributed by atoms with Crippen LogP contribution in [0.1, 0.15) is 21.0 Å². The van der Waals surface area contributed by atoms with Gasteiger partial charge in [0.05, 0.1) is 4.88 Å². The van der Waals surface area contributed by atoms with Crippen LogP contribution in [0.4, 0.5) is 0 Å². The third-order valence-corrected chi connectivity index (χ3v) is 4.56. The first kappa shape index (κ1) is 17.0. The van der Waals surface area contributed by atoms with E-state index in [0.717, 1.165) is 4.88 Å². The van der Waals surface area contributed by atoms with Gasteiger partial charge in [-0.1, -0.05) is 11.2 Å². The van der Waals surface area contributed by atoms with Crippen molar-refractivity contribution < 1.29 is 23.6 Å². The van der Waals surface area contributed by atoms with E-state index in [1.54, 1.807) is 18.2 Å². The fraction of sp³-hybridized carbons (Fsp3) is 0.176. The lowest BCUT2D eigenvalue weighted by molar-refractivity contribution is 0.0898. The van der Waals surface area contributed by atoms with E-state index in [0.29, 0.717) is 22.9 Å². The number of ether oxygens (including phenoxy) is 2. The third kappa shape index (κ3) is 3.75. The molecule has 1 aliphatic rings. The number of rotatable bonds is 6. The van der Waals surface area contributed by atoms with E-state index in [2.05, 4.69) is 20.8 Å². The molecule has 0 bridgehead atoms. The molecule has 2 N–H and O–H groups in total. The molecule has 3 heterocycles. The molecule has 0 unspecified atom stereocenters. The van der Waals surface area contributed by atoms with Gasteiger partial charge in [0.2, 0.25) is 12.6 Å². The zero-order chi connectivity index (χ0) is 18.6. The maximum Gasteiger partial charge on any atom is 0.316 e. The van der Waals surface area contributed by atoms with Crippen molar-refractivity contribution in [1.29, 1.82) is 0 Å². The summed E-state index contributed by atoms with van der Waals surface area (Å²) in [5.74, 6) is 0.615. The topological polar surface area (TPSA) is 116 Å². The van der Waals surface area contributed by atoms with Crippen LogP contribution < -0.4 is 20.1 Å². The van der Waals surface area contributed by atoms with Gasteiger partial charge < -0.3 is 24.6 Å². The Hall–Kier alpha value is -3.40. The standard InChI is InChI=1S/C17H14N4O5S/c22-15(10-3-4-11-12(8-10)25-9-24-11)18-5-6-19-16(23)17-20-14(21-26-17)13-2-1-7-27-13/h1-4,7-8H,5-6,9H2,(H,18,22)(H,19,23). The number of thiophene rings is 1. The number of hydrogen-bond acceptors (Lipinski definition) is 8. The largest absolute Gasteiger partial charge is 0.454 e. The highest BCUT2D eigenvalue weighted by atomic mass is 32.1. The number of carbonyl (C=O) groups is 2. The molecular weight excluding hydrogens is 372 g/mol. The van der Waals surface area contributed by atoms with E-state index < -0.39 is 5.91 Å². The average Bonchev–Trinajstić information content (AvgIpc) is 3.44. The van der Waals surface area contributed by atoms with E-state index in [9.17, 15) is 9.59 Å². The van der Waals surface area contributed by atoms with E-state index in [1.165, 1.54) is 11.3 Å². The van der Waals surface area contributed by atoms with Crippen LogP contribution in [0.3, 0.4) is 0 Å². The minimum atomic E-state index is -0.498. The van der Waals surface area contributed by atoms with E-state index in [4.69, 9.17) is 14.0 Å². The predicted molar refractivity (Wildman–Crippen MR) is 94.8 cm³/mol. The van der Waals surface area contributed by atoms with Crippen LogP contribution in [0, 0.1) is 0 Å². The van der Waals surface area contributed by atoms with Crippen LogP contribution in [0.2, 0.25) is 0 Å². The van der Waals surface area contributed by atoms with Crippen LogP contribution in [0.25, 0.3) is 10.7 Å². The normalized spacial score (nSPS) is 12.0. The number of fused-ring (bicyclic) bond motifs is 1. The number of benzene rings is 1. The molecule has 9 nitrogen and oxygen atoms in total. The van der Waals surface area contributed by atoms with Crippen molar-refractivity contribution in [3.63, 3.8) is 0 Å². The van der Waals surface area contributed by atoms with Crippen molar-refractivity contribution in [3.8, 4) is 22.2 Å². The number of amides is 2. The Morgan fingerprint density at radius 3 is 2.70 bits per heavy atom. The monoisotopic (exact) mass is 386 g/mol. The SMILES string of the molecule is O=C(NCCNC(=O)c1nc(-c2cccs2)no1)c1ccc2c(c1)OCO2. The summed E-state index contributed by atoms with van der Waals surface area (Å²) in [6.07, 6.45) is 0. The highest BCUT2D eigenvalue weighted by Gasteiger charge is 2.17. The average molecular weight is 386 g/mol. The maximum atomic E-state index is 12.1. The molecule has 2 aromatic heterocycles. The number of aromatic nitrogens is 2. The van der Waals surface area contributed by atoms with Crippen molar-refractivity contribution >= 4 is 23.2 Å². The Morgan fingerprint density at radius 2 is 1.89 bits per heavy atom. The molecule has 1 aliphatic heterocycles. The van der Waals surface area contributed by atoms with Crippen LogP contribution in [-0.2, 0) is 0 Å². The summed E-state index contributed by atoms with van der Waals surface area (Å²) in [6.45, 7) is 0.604. The number of nitrogens with one attached hydrogen (secondary N) is 2. The Kier molecular flexibility index (Phi) is 4.71. The lowest BCUT2D eigenvalue weighted by atomic mass is 10.2. The van der Waals surface area contributed by atoms with E-state index >= 15 is 0 Å². The molecule has 0 saturated heterocycles. The van der Waals surface area contributed by atoms with Crippen molar-refractivity contribution in [1.82, 2.24) is 20.8 Å². The fourth-order valence-corrected chi connectivity index (χ4v) is 3.04. The van der Waals surface area contributed by atoms with Crippen LogP contribution in [0.15, 0.2) is 40.2 Å². The van der Waals surface area contributed by atoms with Gasteiger partial charge in [-0.25, -0.2) is 0 Å². The van der Waals surface area contributed by atoms with Gasteiger partial charge in [-0.05, 0) is 29.6 Å². The lowest BCUT2D eigenvalue weighted by Crippen LogP contribution is -2.34. The molecule has 0 aliphatic carbocycles. The van der Waals surface area contributed by atoms with Crippen molar-refractivity contribution in [2.45, 2.75) is 0 Å². The molecule has 138 valence electrons. The molecule has 4 rings (SSSR count). The molecule has 3 aromatic rings. The van der Waals surface area contributed by atoms with Crippen molar-refractivity contribution in [2.75, 3.05) is 19.9 Å². The zero-order valence-electron chi connectivity index (χ0n) is 13.9. The highest BCUT2D eigenvalue weighted by Crippen LogP contribution is 2.32. The predicted octanol–water partition coefficient (Wildman–Crippen LogP) is 1.69. The molecule has 2 amide bonds. The Balaban J connectivity index is 1.25. The van der Waals surface area contributed by atoms with Gasteiger partial charge in [0, 0.05) is 18.7 Å². The maximum absolute atomic E-state index is 12.1. The molecule has 10 heteroatoms. The van der Waals surface area contributed by atoms with Crippen molar-refractivity contribution in [2.24, 2.45) is 0 Å². The zero-order valence-corrected chi connectivity index (χ0v) is 14.7. The molecule has 0 fully saturated rings. The Bertz CT molecular complexity index is 970. The second-order valence-corrected chi connectivity index (χ2v) is 6.43. The molecule has 0 saturated carbocycles. The van der Waals surface area contributed by atoms with E-state index in [-0.39, 0.29) is 31.7 Å². The number of carbonyl (C=O) groups excluding carboxylic acids is 2. The molecule has 27 heavy (non-hydrogen) atoms. The van der Waals surface area contributed by atoms with Crippen molar-refractivity contribution in [3.05, 3.63) is 47.2 Å². The minimum Gasteiger partial charge on any atom is -0.454 e. The van der Waals surface area contributed by atoms with Gasteiger partial charge in [0.25, 0.3) is 5.91 Å². The van der Waals surface area contributed by atoms with Gasteiger partial charge >= 0.3 is 11.8 Å². The molecule has 1 aromatic carbocycles. The van der Waals surface area contributed by atoms with Crippen LogP contribution >= 0.6 is 11.3 Å². The number of hydrogen-bond donors (Lipinski definition) is 2. The summed E-state index contributed by atoms with van der Waals surface area (Å²) in [7, 11) is 0. The third-order valence-electron chi connectivity index (χ3n) is 3.69. The van der Waals surface area contributed by atoms with Gasteiger partial charge in [0.15, 0.2) is 11.5 Å². The van der Waals surface area contributed by atoms with Gasteiger partial charge in [-0.15, -0.1) is 11.3 Å². The summed E-state index contributed by atoms with van der Waals surface area (Å²) in [5, 5.41) is 11.0. The van der Waals surface area contributed by atoms with Crippen LogP contribution in [0.5, 0.6) is 11.5 Å². The first-order valence-corrected chi connectivity index (χ1v) is 8.92. The summed E-state index contributed by atoms with van der Waals surface area (Å²) in [6, 6.07) is 8.63. The summed E-state index contributed by atoms with van der Waals surface area (Å²) < 4.78 is 15.4. The summed E-state index contributed by atoms with van der Waals surface area (Å²) in [5.41, 5.74) is 0.447. The quantitative estimate of drug-likeness (QED) is 0.619. The van der Waals surface area contributed by atoms with Crippen LogP contribution in [-0.4, -0.2) is 41.8 Å². The minimum absolute atomic E-state index is 0.125. The van der Waals surface area contributed by atoms with Gasteiger partial charge in [-0.2, -0.15) is 4.98 Å². The summed E-state index contributed by atoms with van der Waals surface area (Å²) >= 11 is 1.45. The molecule has 0 spiro atoms. The first-order valence-electron chi connectivity index (χ1n) is 8.04. The second-order valence-electron chi connectivity index (χ2n) is 5.48. The molecule has 0 radical (unpaired) electrons.